The molecule has 2 bridgehead atoms. The van der Waals surface area contributed by atoms with Gasteiger partial charge in [-0.25, -0.2) is 9.98 Å². The number of primary amides is 1. The largest absolute Gasteiger partial charge is 0.482 e. The van der Waals surface area contributed by atoms with Crippen LogP contribution in [0.25, 0.3) is 0 Å². The Morgan fingerprint density at radius 1 is 1.25 bits per heavy atom. The van der Waals surface area contributed by atoms with Crippen LogP contribution in [-0.2, 0) is 9.59 Å². The zero-order valence-corrected chi connectivity index (χ0v) is 17.0. The van der Waals surface area contributed by atoms with E-state index >= 15 is 0 Å². The van der Waals surface area contributed by atoms with Gasteiger partial charge < -0.3 is 31.7 Å². The Morgan fingerprint density at radius 3 is 3.00 bits per heavy atom. The Morgan fingerprint density at radius 2 is 2.12 bits per heavy atom. The quantitative estimate of drug-likeness (QED) is 0.415. The molecular weight excluding hydrogens is 412 g/mol. The molecule has 2 amide bonds. The van der Waals surface area contributed by atoms with Crippen LogP contribution >= 0.6 is 0 Å². The highest BCUT2D eigenvalue weighted by atomic mass is 16.5. The highest BCUT2D eigenvalue weighted by Gasteiger charge is 2.48. The monoisotopic (exact) mass is 434 g/mol. The summed E-state index contributed by atoms with van der Waals surface area (Å²) in [5.41, 5.74) is 7.06. The molecule has 6 rings (SSSR count). The second-order valence-electron chi connectivity index (χ2n) is 8.49. The van der Waals surface area contributed by atoms with Gasteiger partial charge in [0.15, 0.2) is 12.8 Å². The number of ether oxygens (including phenoxy) is 1. The Balaban J connectivity index is 1.26. The smallest absolute Gasteiger partial charge is 0.262 e. The summed E-state index contributed by atoms with van der Waals surface area (Å²) >= 11 is 0. The van der Waals surface area contributed by atoms with Crippen molar-refractivity contribution < 1.29 is 14.3 Å². The molecule has 164 valence electrons. The first-order valence-corrected chi connectivity index (χ1v) is 10.6. The van der Waals surface area contributed by atoms with Crippen molar-refractivity contribution in [2.45, 2.75) is 24.7 Å². The molecule has 32 heavy (non-hydrogen) atoms. The molecule has 6 atom stereocenters. The summed E-state index contributed by atoms with van der Waals surface area (Å²) in [7, 11) is 0. The predicted octanol–water partition coefficient (Wildman–Crippen LogP) is -0.211. The standard InChI is InChI=1S/C21H22N8O3/c22-18(31)15-9-1-2-10(5-9)16(15)27-20-17-19(24-8-23-17)28-21(29-20)25-11-3-4-12-13(6-11)32-7-14(30)26-12/h1-4,6,8-10,15-17,19H,5,7H2,(H2,22,31)(H,23,24)(H,26,30)(H2,25,27,28,29). The summed E-state index contributed by atoms with van der Waals surface area (Å²) in [5.74, 6) is 1.30. The summed E-state index contributed by atoms with van der Waals surface area (Å²) in [4.78, 5) is 37.5. The van der Waals surface area contributed by atoms with Gasteiger partial charge in [0.1, 0.15) is 17.6 Å². The Kier molecular flexibility index (Phi) is 4.17. The number of anilines is 2. The topological polar surface area (TPSA) is 155 Å². The number of hydrogen-bond acceptors (Lipinski definition) is 8. The van der Waals surface area contributed by atoms with Gasteiger partial charge in [-0.2, -0.15) is 0 Å². The van der Waals surface area contributed by atoms with E-state index in [4.69, 9.17) is 15.5 Å². The molecule has 11 nitrogen and oxygen atoms in total. The first kappa shape index (κ1) is 18.8. The number of nitrogens with zero attached hydrogens (tertiary/aromatic N) is 3. The number of aliphatic imine (C=N–C) groups is 3. The molecule has 0 aromatic heterocycles. The SMILES string of the molecule is NC(=O)C1C2C=CC(C2)C1N=C1NC(Nc2ccc3c(c2)OCC(=O)N3)=NC2N=CNC12. The third-order valence-corrected chi connectivity index (χ3v) is 6.49. The minimum atomic E-state index is -0.369. The number of amidine groups is 1. The fourth-order valence-electron chi connectivity index (χ4n) is 5.04. The first-order chi connectivity index (χ1) is 15.5. The van der Waals surface area contributed by atoms with Crippen LogP contribution in [0.1, 0.15) is 6.42 Å². The van der Waals surface area contributed by atoms with E-state index in [0.29, 0.717) is 23.2 Å². The number of carbonyl (C=O) groups excluding carboxylic acids is 2. The summed E-state index contributed by atoms with van der Waals surface area (Å²) in [6.07, 6.45) is 6.38. The molecule has 6 N–H and O–H groups in total. The maximum absolute atomic E-state index is 12.1. The molecule has 0 radical (unpaired) electrons. The zero-order valence-electron chi connectivity index (χ0n) is 17.0. The fourth-order valence-corrected chi connectivity index (χ4v) is 5.04. The van der Waals surface area contributed by atoms with Gasteiger partial charge in [-0.3, -0.25) is 14.6 Å². The van der Waals surface area contributed by atoms with Gasteiger partial charge in [-0.1, -0.05) is 12.2 Å². The molecule has 2 aliphatic carbocycles. The second-order valence-corrected chi connectivity index (χ2v) is 8.49. The summed E-state index contributed by atoms with van der Waals surface area (Å²) in [6, 6.07) is 4.96. The van der Waals surface area contributed by atoms with Gasteiger partial charge in [0.2, 0.25) is 11.9 Å². The van der Waals surface area contributed by atoms with Gasteiger partial charge in [0, 0.05) is 17.7 Å². The van der Waals surface area contributed by atoms with E-state index < -0.39 is 0 Å². The van der Waals surface area contributed by atoms with Crippen molar-refractivity contribution in [3.63, 3.8) is 0 Å². The van der Waals surface area contributed by atoms with Crippen LogP contribution in [0.3, 0.4) is 0 Å². The molecular formula is C21H22N8O3. The molecule has 1 fully saturated rings. The van der Waals surface area contributed by atoms with E-state index in [2.05, 4.69) is 43.4 Å². The fraction of sp³-hybridized carbons (Fsp3) is 0.381. The highest BCUT2D eigenvalue weighted by Crippen LogP contribution is 2.45. The van der Waals surface area contributed by atoms with Crippen LogP contribution in [0.15, 0.2) is 45.3 Å². The van der Waals surface area contributed by atoms with Gasteiger partial charge >= 0.3 is 0 Å². The maximum atomic E-state index is 12.1. The van der Waals surface area contributed by atoms with Crippen LogP contribution in [-0.4, -0.2) is 54.8 Å². The van der Waals surface area contributed by atoms with Crippen LogP contribution < -0.4 is 31.7 Å². The van der Waals surface area contributed by atoms with Crippen molar-refractivity contribution in [1.29, 1.82) is 0 Å². The lowest BCUT2D eigenvalue weighted by atomic mass is 9.88. The number of benzene rings is 1. The van der Waals surface area contributed by atoms with E-state index in [1.165, 1.54) is 0 Å². The average Bonchev–Trinajstić information content (AvgIpc) is 3.50. The van der Waals surface area contributed by atoms with Crippen LogP contribution in [0, 0.1) is 17.8 Å². The van der Waals surface area contributed by atoms with Crippen molar-refractivity contribution in [1.82, 2.24) is 10.6 Å². The van der Waals surface area contributed by atoms with Gasteiger partial charge in [-0.05, 0) is 24.5 Å². The van der Waals surface area contributed by atoms with Crippen LogP contribution in [0.5, 0.6) is 5.75 Å². The van der Waals surface area contributed by atoms with Crippen molar-refractivity contribution in [3.8, 4) is 5.75 Å². The minimum absolute atomic E-state index is 0.0182. The Bertz CT molecular complexity index is 1130. The Labute approximate surface area is 183 Å². The van der Waals surface area contributed by atoms with Crippen molar-refractivity contribution >= 4 is 41.3 Å². The van der Waals surface area contributed by atoms with Crippen LogP contribution in [0.4, 0.5) is 11.4 Å². The van der Waals surface area contributed by atoms with Crippen LogP contribution in [0.2, 0.25) is 0 Å². The van der Waals surface area contributed by atoms with Gasteiger partial charge in [0.05, 0.1) is 24.0 Å². The molecule has 11 heteroatoms. The number of allylic oxidation sites excluding steroid dienone is 1. The normalized spacial score (nSPS) is 34.7. The summed E-state index contributed by atoms with van der Waals surface area (Å²) in [6.45, 7) is -0.0182. The third-order valence-electron chi connectivity index (χ3n) is 6.49. The summed E-state index contributed by atoms with van der Waals surface area (Å²) < 4.78 is 5.49. The van der Waals surface area contributed by atoms with E-state index in [1.54, 1.807) is 18.5 Å². The second kappa shape index (κ2) is 7.08. The molecule has 1 aromatic carbocycles. The zero-order chi connectivity index (χ0) is 21.8. The van der Waals surface area contributed by atoms with E-state index in [9.17, 15) is 9.59 Å². The lowest BCUT2D eigenvalue weighted by Crippen LogP contribution is -2.55. The number of guanidine groups is 1. The number of carbonyl (C=O) groups is 2. The highest BCUT2D eigenvalue weighted by molar-refractivity contribution is 6.11. The number of fused-ring (bicyclic) bond motifs is 4. The maximum Gasteiger partial charge on any atom is 0.262 e. The minimum Gasteiger partial charge on any atom is -0.482 e. The number of amides is 2. The molecule has 1 saturated carbocycles. The number of nitrogens with two attached hydrogens (primary N) is 1. The predicted molar refractivity (Wildman–Crippen MR) is 119 cm³/mol. The van der Waals surface area contributed by atoms with E-state index in [1.807, 2.05) is 6.07 Å². The van der Waals surface area contributed by atoms with E-state index in [-0.39, 0.29) is 54.4 Å². The van der Waals surface area contributed by atoms with Crippen molar-refractivity contribution in [2.75, 3.05) is 17.2 Å². The molecule has 1 aromatic rings. The third kappa shape index (κ3) is 3.08. The molecule has 0 spiro atoms. The first-order valence-electron chi connectivity index (χ1n) is 10.6. The van der Waals surface area contributed by atoms with E-state index in [0.717, 1.165) is 12.1 Å². The molecule has 0 saturated heterocycles. The van der Waals surface area contributed by atoms with Crippen molar-refractivity contribution in [2.24, 2.45) is 38.5 Å². The van der Waals surface area contributed by atoms with Gasteiger partial charge in [0.25, 0.3) is 5.91 Å². The molecule has 5 aliphatic rings. The molecule has 3 heterocycles. The molecule has 3 aliphatic heterocycles. The number of rotatable bonds is 3. The lowest BCUT2D eigenvalue weighted by Gasteiger charge is -2.29. The Hall–Kier alpha value is -3.89. The molecule has 6 unspecified atom stereocenters. The van der Waals surface area contributed by atoms with Gasteiger partial charge in [-0.15, -0.1) is 0 Å². The average molecular weight is 434 g/mol. The summed E-state index contributed by atoms with van der Waals surface area (Å²) in [5, 5.41) is 12.5. The van der Waals surface area contributed by atoms with Crippen molar-refractivity contribution in [3.05, 3.63) is 30.4 Å². The number of hydrogen-bond donors (Lipinski definition) is 5. The number of nitrogens with one attached hydrogen (secondary N) is 4. The lowest BCUT2D eigenvalue weighted by molar-refractivity contribution is -0.123.